The highest BCUT2D eigenvalue weighted by Gasteiger charge is 2.38. The number of rotatable bonds is 3. The zero-order valence-electron chi connectivity index (χ0n) is 15.8. The first-order chi connectivity index (χ1) is 14.2. The Bertz CT molecular complexity index is 1130. The van der Waals surface area contributed by atoms with Gasteiger partial charge in [0.15, 0.2) is 5.78 Å². The minimum Gasteiger partial charge on any atom is -0.496 e. The van der Waals surface area contributed by atoms with Crippen molar-refractivity contribution in [3.63, 3.8) is 0 Å². The van der Waals surface area contributed by atoms with Gasteiger partial charge in [0.25, 0.3) is 0 Å². The number of amides is 1. The molecule has 0 saturated carbocycles. The molecule has 0 radical (unpaired) electrons. The van der Waals surface area contributed by atoms with Crippen molar-refractivity contribution in [2.24, 2.45) is 0 Å². The maximum atomic E-state index is 13.1. The Morgan fingerprint density at radius 2 is 1.67 bits per heavy atom. The minimum absolute atomic E-state index is 0.0513. The van der Waals surface area contributed by atoms with Gasteiger partial charge in [-0.25, -0.2) is 0 Å². The fraction of sp³-hybridized carbons (Fsp3) is 0.190. The maximum Gasteiger partial charge on any atom is 0.471 e. The molecular formula is C21H14F3NO5. The van der Waals surface area contributed by atoms with Gasteiger partial charge >= 0.3 is 12.1 Å². The molecule has 2 aromatic carbocycles. The van der Waals surface area contributed by atoms with E-state index in [-0.39, 0.29) is 39.3 Å². The van der Waals surface area contributed by atoms with Gasteiger partial charge in [-0.2, -0.15) is 13.2 Å². The smallest absolute Gasteiger partial charge is 0.471 e. The van der Waals surface area contributed by atoms with Crippen LogP contribution in [0.1, 0.15) is 37.4 Å². The van der Waals surface area contributed by atoms with E-state index < -0.39 is 30.2 Å². The summed E-state index contributed by atoms with van der Waals surface area (Å²) in [6, 6.07) is 7.40. The third kappa shape index (κ3) is 3.72. The van der Waals surface area contributed by atoms with Crippen LogP contribution in [0, 0.1) is 11.8 Å². The Kier molecular flexibility index (Phi) is 5.52. The van der Waals surface area contributed by atoms with E-state index >= 15 is 0 Å². The molecule has 9 heteroatoms. The molecule has 0 aliphatic heterocycles. The van der Waals surface area contributed by atoms with Gasteiger partial charge in [0.05, 0.1) is 31.9 Å². The van der Waals surface area contributed by atoms with Crippen molar-refractivity contribution in [2.45, 2.75) is 6.18 Å². The van der Waals surface area contributed by atoms with Crippen molar-refractivity contribution >= 4 is 17.5 Å². The van der Waals surface area contributed by atoms with Gasteiger partial charge in [0.2, 0.25) is 5.78 Å². The van der Waals surface area contributed by atoms with Gasteiger partial charge in [0.1, 0.15) is 11.5 Å². The highest BCUT2D eigenvalue weighted by atomic mass is 19.4. The van der Waals surface area contributed by atoms with Crippen molar-refractivity contribution in [3.05, 3.63) is 58.1 Å². The predicted molar refractivity (Wildman–Crippen MR) is 98.8 cm³/mol. The topological polar surface area (TPSA) is 81.7 Å². The molecule has 2 aromatic rings. The van der Waals surface area contributed by atoms with E-state index in [2.05, 4.69) is 11.8 Å². The van der Waals surface area contributed by atoms with Gasteiger partial charge in [-0.05, 0) is 18.2 Å². The molecule has 6 nitrogen and oxygen atoms in total. The van der Waals surface area contributed by atoms with E-state index in [9.17, 15) is 27.6 Å². The fourth-order valence-corrected chi connectivity index (χ4v) is 3.03. The number of nitrogens with one attached hydrogen (secondary N) is 1. The Labute approximate surface area is 169 Å². The van der Waals surface area contributed by atoms with Crippen LogP contribution in [0.4, 0.5) is 13.2 Å². The van der Waals surface area contributed by atoms with E-state index in [1.54, 1.807) is 17.4 Å². The first kappa shape index (κ1) is 20.9. The highest BCUT2D eigenvalue weighted by molar-refractivity contribution is 6.30. The molecule has 0 heterocycles. The lowest BCUT2D eigenvalue weighted by Crippen LogP contribution is -2.36. The molecule has 30 heavy (non-hydrogen) atoms. The number of hydrogen-bond donors (Lipinski definition) is 1. The summed E-state index contributed by atoms with van der Waals surface area (Å²) in [7, 11) is 2.70. The van der Waals surface area contributed by atoms with E-state index in [1.165, 1.54) is 32.4 Å². The minimum atomic E-state index is -5.00. The van der Waals surface area contributed by atoms with Crippen LogP contribution in [0.5, 0.6) is 11.5 Å². The fourth-order valence-electron chi connectivity index (χ4n) is 3.03. The van der Waals surface area contributed by atoms with Crippen molar-refractivity contribution < 1.29 is 37.0 Å². The van der Waals surface area contributed by atoms with E-state index in [4.69, 9.17) is 9.47 Å². The molecule has 0 atom stereocenters. The second kappa shape index (κ2) is 7.91. The average molecular weight is 417 g/mol. The highest BCUT2D eigenvalue weighted by Crippen LogP contribution is 2.37. The number of ketones is 2. The van der Waals surface area contributed by atoms with Crippen LogP contribution in [0.15, 0.2) is 30.3 Å². The Balaban J connectivity index is 1.99. The van der Waals surface area contributed by atoms with E-state index in [0.717, 1.165) is 0 Å². The van der Waals surface area contributed by atoms with Crippen molar-refractivity contribution in [2.75, 3.05) is 20.8 Å². The van der Waals surface area contributed by atoms with Crippen LogP contribution < -0.4 is 14.8 Å². The number of hydrogen-bond acceptors (Lipinski definition) is 5. The van der Waals surface area contributed by atoms with Gasteiger partial charge in [-0.3, -0.25) is 14.4 Å². The zero-order chi connectivity index (χ0) is 22.1. The molecule has 1 aliphatic carbocycles. The number of benzene rings is 2. The molecule has 154 valence electrons. The number of ether oxygens (including phenoxy) is 2. The molecule has 0 aromatic heterocycles. The van der Waals surface area contributed by atoms with Gasteiger partial charge in [-0.15, -0.1) is 0 Å². The van der Waals surface area contributed by atoms with Crippen LogP contribution in [0.3, 0.4) is 0 Å². The number of fused-ring (bicyclic) bond motifs is 2. The SMILES string of the molecule is COc1cccc2c1C(=O)c1c(OC)cc(C#CCNC(=O)C(F)(F)F)cc1C2=O. The standard InChI is InChI=1S/C21H14F3NO5/c1-29-14-7-3-6-12-16(14)19(27)17-13(18(12)26)9-11(10-15(17)30-2)5-4-8-25-20(28)21(22,23)24/h3,6-7,9-10H,8H2,1-2H3,(H,25,28). The Morgan fingerprint density at radius 1 is 1.00 bits per heavy atom. The summed E-state index contributed by atoms with van der Waals surface area (Å²) >= 11 is 0. The van der Waals surface area contributed by atoms with E-state index in [0.29, 0.717) is 0 Å². The van der Waals surface area contributed by atoms with Gasteiger partial charge in [-0.1, -0.05) is 24.0 Å². The first-order valence-corrected chi connectivity index (χ1v) is 8.51. The van der Waals surface area contributed by atoms with Crippen molar-refractivity contribution in [1.82, 2.24) is 5.32 Å². The largest absolute Gasteiger partial charge is 0.496 e. The lowest BCUT2D eigenvalue weighted by Gasteiger charge is -2.21. The summed E-state index contributed by atoms with van der Waals surface area (Å²) in [5.41, 5.74) is 0.638. The van der Waals surface area contributed by atoms with Crippen molar-refractivity contribution in [1.29, 1.82) is 0 Å². The van der Waals surface area contributed by atoms with Crippen LogP contribution in [-0.4, -0.2) is 44.4 Å². The maximum absolute atomic E-state index is 13.1. The predicted octanol–water partition coefficient (Wildman–Crippen LogP) is 2.51. The van der Waals surface area contributed by atoms with Crippen molar-refractivity contribution in [3.8, 4) is 23.3 Å². The first-order valence-electron chi connectivity index (χ1n) is 8.51. The van der Waals surface area contributed by atoms with Gasteiger partial charge in [0, 0.05) is 16.7 Å². The molecule has 0 unspecified atom stereocenters. The third-order valence-corrected chi connectivity index (χ3v) is 4.34. The average Bonchev–Trinajstić information content (AvgIpc) is 2.72. The lowest BCUT2D eigenvalue weighted by molar-refractivity contribution is -0.173. The molecule has 1 amide bonds. The quantitative estimate of drug-likeness (QED) is 0.663. The van der Waals surface area contributed by atoms with Crippen LogP contribution >= 0.6 is 0 Å². The Hall–Kier alpha value is -3.80. The molecule has 3 rings (SSSR count). The van der Waals surface area contributed by atoms with E-state index in [1.807, 2.05) is 0 Å². The molecule has 0 fully saturated rings. The molecular weight excluding hydrogens is 403 g/mol. The normalized spacial score (nSPS) is 12.3. The summed E-state index contributed by atoms with van der Waals surface area (Å²) in [6.45, 7) is -0.551. The molecule has 0 saturated heterocycles. The number of methoxy groups -OCH3 is 2. The van der Waals surface area contributed by atoms with Crippen LogP contribution in [0.25, 0.3) is 0 Å². The Morgan fingerprint density at radius 3 is 2.30 bits per heavy atom. The zero-order valence-corrected chi connectivity index (χ0v) is 15.8. The number of alkyl halides is 3. The molecule has 0 spiro atoms. The molecule has 1 N–H and O–H groups in total. The summed E-state index contributed by atoms with van der Waals surface area (Å²) in [4.78, 5) is 36.8. The monoisotopic (exact) mass is 417 g/mol. The number of carbonyl (C=O) groups excluding carboxylic acids is 3. The lowest BCUT2D eigenvalue weighted by atomic mass is 9.82. The third-order valence-electron chi connectivity index (χ3n) is 4.34. The number of halogens is 3. The van der Waals surface area contributed by atoms with Gasteiger partial charge < -0.3 is 14.8 Å². The second-order valence-corrected chi connectivity index (χ2v) is 6.12. The number of carbonyl (C=O) groups is 3. The second-order valence-electron chi connectivity index (χ2n) is 6.12. The summed E-state index contributed by atoms with van der Waals surface area (Å²) in [6.07, 6.45) is -5.00. The molecule has 1 aliphatic rings. The van der Waals surface area contributed by atoms with Crippen LogP contribution in [0.2, 0.25) is 0 Å². The van der Waals surface area contributed by atoms with Crippen LogP contribution in [-0.2, 0) is 4.79 Å². The summed E-state index contributed by atoms with van der Waals surface area (Å²) in [5.74, 6) is 2.27. The molecule has 0 bridgehead atoms. The summed E-state index contributed by atoms with van der Waals surface area (Å²) in [5, 5.41) is 1.62. The summed E-state index contributed by atoms with van der Waals surface area (Å²) < 4.78 is 47.0.